The minimum atomic E-state index is -1.02. The number of rotatable bonds is 3. The lowest BCUT2D eigenvalue weighted by molar-refractivity contribution is -0.123. The van der Waals surface area contributed by atoms with E-state index in [1.54, 1.807) is 0 Å². The lowest BCUT2D eigenvalue weighted by atomic mass is 10.4. The van der Waals surface area contributed by atoms with Gasteiger partial charge < -0.3 is 16.2 Å². The second-order valence-electron chi connectivity index (χ2n) is 1.62. The molecule has 1 atom stereocenters. The molecule has 4 nitrogen and oxygen atoms in total. The molecule has 0 saturated heterocycles. The third-order valence-electron chi connectivity index (χ3n) is 0.699. The summed E-state index contributed by atoms with van der Waals surface area (Å²) in [6, 6.07) is 0. The predicted molar refractivity (Wildman–Crippen MR) is 33.2 cm³/mol. The number of hydrogen-bond acceptors (Lipinski definition) is 3. The van der Waals surface area contributed by atoms with Crippen molar-refractivity contribution >= 4 is 5.91 Å². The summed E-state index contributed by atoms with van der Waals surface area (Å²) < 4.78 is 0. The molecule has 9 heavy (non-hydrogen) atoms. The Morgan fingerprint density at radius 2 is 2.44 bits per heavy atom. The van der Waals surface area contributed by atoms with Crippen LogP contribution in [0.3, 0.4) is 0 Å². The van der Waals surface area contributed by atoms with Crippen LogP contribution in [0.15, 0.2) is 0 Å². The molecule has 0 aromatic rings. The monoisotopic (exact) mass is 131 g/mol. The van der Waals surface area contributed by atoms with Crippen molar-refractivity contribution in [1.29, 1.82) is 0 Å². The Morgan fingerprint density at radius 3 is 2.78 bits per heavy atom. The second-order valence-corrected chi connectivity index (χ2v) is 1.62. The number of nitrogens with one attached hydrogen (secondary N) is 1. The fourth-order valence-electron chi connectivity index (χ4n) is 0.389. The molecule has 0 aromatic heterocycles. The number of amides is 1. The van der Waals surface area contributed by atoms with E-state index >= 15 is 0 Å². The van der Waals surface area contributed by atoms with Gasteiger partial charge in [-0.2, -0.15) is 0 Å². The van der Waals surface area contributed by atoms with Crippen LogP contribution in [0.25, 0.3) is 0 Å². The zero-order valence-electron chi connectivity index (χ0n) is 5.13. The van der Waals surface area contributed by atoms with Crippen LogP contribution in [0.5, 0.6) is 0 Å². The lowest BCUT2D eigenvalue weighted by Crippen LogP contribution is -2.33. The summed E-state index contributed by atoms with van der Waals surface area (Å²) in [6.07, 6.45) is -0.795. The highest BCUT2D eigenvalue weighted by Gasteiger charge is 2.00. The van der Waals surface area contributed by atoms with E-state index in [-0.39, 0.29) is 12.3 Å². The van der Waals surface area contributed by atoms with Gasteiger partial charge in [0.05, 0.1) is 0 Å². The van der Waals surface area contributed by atoms with Gasteiger partial charge in [-0.25, -0.2) is 0 Å². The number of carbonyl (C=O) groups is 1. The summed E-state index contributed by atoms with van der Waals surface area (Å²) >= 11 is 0. The molecular weight excluding hydrogens is 120 g/mol. The van der Waals surface area contributed by atoms with Crippen molar-refractivity contribution < 1.29 is 9.90 Å². The molecule has 4 N–H and O–H groups in total. The highest BCUT2D eigenvalue weighted by Crippen LogP contribution is 1.76. The van der Waals surface area contributed by atoms with E-state index in [1.165, 1.54) is 0 Å². The summed E-state index contributed by atoms with van der Waals surface area (Å²) in [4.78, 5) is 10.5. The molecule has 0 aromatic carbocycles. The highest BCUT2D eigenvalue weighted by atomic mass is 16.3. The highest BCUT2D eigenvalue weighted by molar-refractivity contribution is 5.76. The van der Waals surface area contributed by atoms with Gasteiger partial charge in [0.25, 0.3) is 0 Å². The van der Waals surface area contributed by atoms with Crippen LogP contribution < -0.4 is 11.1 Å². The Labute approximate surface area is 54.0 Å². The molecule has 0 rings (SSSR count). The SMILES string of the molecule is [CH2]C(O)NC(=O)CCN. The number of aliphatic hydroxyl groups excluding tert-OH is 1. The van der Waals surface area contributed by atoms with E-state index in [4.69, 9.17) is 10.8 Å². The van der Waals surface area contributed by atoms with Crippen LogP contribution in [0.1, 0.15) is 6.42 Å². The summed E-state index contributed by atoms with van der Waals surface area (Å²) in [5.74, 6) is -0.278. The Hall–Kier alpha value is -0.610. The van der Waals surface area contributed by atoms with Crippen LogP contribution in [-0.4, -0.2) is 23.8 Å². The van der Waals surface area contributed by atoms with Gasteiger partial charge in [-0.3, -0.25) is 4.79 Å². The Morgan fingerprint density at radius 1 is 1.89 bits per heavy atom. The summed E-state index contributed by atoms with van der Waals surface area (Å²) in [7, 11) is 0. The van der Waals surface area contributed by atoms with Crippen molar-refractivity contribution in [2.24, 2.45) is 5.73 Å². The third-order valence-corrected chi connectivity index (χ3v) is 0.699. The smallest absolute Gasteiger partial charge is 0.223 e. The fraction of sp³-hybridized carbons (Fsp3) is 0.600. The summed E-state index contributed by atoms with van der Waals surface area (Å²) in [6.45, 7) is 3.43. The Balaban J connectivity index is 3.27. The van der Waals surface area contributed by atoms with E-state index in [2.05, 4.69) is 12.2 Å². The summed E-state index contributed by atoms with van der Waals surface area (Å²) in [5.41, 5.74) is 5.04. The molecule has 0 bridgehead atoms. The standard InChI is InChI=1S/C5H11N2O2/c1-4(8)7-5(9)2-3-6/h4,8H,1-3,6H2,(H,7,9). The molecule has 0 spiro atoms. The quantitative estimate of drug-likeness (QED) is 0.412. The van der Waals surface area contributed by atoms with Crippen LogP contribution >= 0.6 is 0 Å². The van der Waals surface area contributed by atoms with Crippen molar-refractivity contribution in [1.82, 2.24) is 5.32 Å². The largest absolute Gasteiger partial charge is 0.374 e. The minimum Gasteiger partial charge on any atom is -0.374 e. The molecule has 1 amide bonds. The molecule has 4 heteroatoms. The Bertz CT molecular complexity index is 93.0. The maximum atomic E-state index is 10.5. The fourth-order valence-corrected chi connectivity index (χ4v) is 0.389. The maximum Gasteiger partial charge on any atom is 0.223 e. The van der Waals surface area contributed by atoms with Gasteiger partial charge in [0.15, 0.2) is 0 Å². The first-order valence-electron chi connectivity index (χ1n) is 2.67. The minimum absolute atomic E-state index is 0.229. The topological polar surface area (TPSA) is 75.3 Å². The molecule has 0 aliphatic heterocycles. The average Bonchev–Trinajstić information content (AvgIpc) is 1.63. The Kier molecular flexibility index (Phi) is 4.00. The van der Waals surface area contributed by atoms with Gasteiger partial charge >= 0.3 is 0 Å². The first-order chi connectivity index (χ1) is 4.16. The lowest BCUT2D eigenvalue weighted by Gasteiger charge is -2.04. The van der Waals surface area contributed by atoms with Crippen molar-refractivity contribution in [2.75, 3.05) is 6.54 Å². The molecule has 0 aliphatic rings. The van der Waals surface area contributed by atoms with Gasteiger partial charge in [0.1, 0.15) is 6.23 Å². The molecule has 1 unspecified atom stereocenters. The normalized spacial score (nSPS) is 12.8. The zero-order valence-corrected chi connectivity index (χ0v) is 5.13. The van der Waals surface area contributed by atoms with E-state index < -0.39 is 6.23 Å². The molecule has 0 fully saturated rings. The van der Waals surface area contributed by atoms with Crippen LogP contribution in [-0.2, 0) is 4.79 Å². The number of hydrogen-bond donors (Lipinski definition) is 3. The summed E-state index contributed by atoms with van der Waals surface area (Å²) in [5, 5.41) is 10.6. The van der Waals surface area contributed by atoms with Crippen molar-refractivity contribution in [3.63, 3.8) is 0 Å². The van der Waals surface area contributed by atoms with Gasteiger partial charge in [0.2, 0.25) is 5.91 Å². The van der Waals surface area contributed by atoms with Gasteiger partial charge in [-0.1, -0.05) is 0 Å². The van der Waals surface area contributed by atoms with E-state index in [0.29, 0.717) is 6.54 Å². The molecule has 53 valence electrons. The van der Waals surface area contributed by atoms with E-state index in [1.807, 2.05) is 0 Å². The third kappa shape index (κ3) is 5.26. The van der Waals surface area contributed by atoms with Gasteiger partial charge in [-0.15, -0.1) is 0 Å². The van der Waals surface area contributed by atoms with Crippen LogP contribution in [0.2, 0.25) is 0 Å². The van der Waals surface area contributed by atoms with Gasteiger partial charge in [-0.05, 0) is 6.92 Å². The first-order valence-corrected chi connectivity index (χ1v) is 2.67. The number of carbonyl (C=O) groups excluding carboxylic acids is 1. The number of aliphatic hydroxyl groups is 1. The van der Waals surface area contributed by atoms with Crippen molar-refractivity contribution in [3.05, 3.63) is 6.92 Å². The second kappa shape index (κ2) is 4.29. The zero-order chi connectivity index (χ0) is 7.28. The van der Waals surface area contributed by atoms with Crippen molar-refractivity contribution in [2.45, 2.75) is 12.6 Å². The van der Waals surface area contributed by atoms with Crippen molar-refractivity contribution in [3.8, 4) is 0 Å². The average molecular weight is 131 g/mol. The maximum absolute atomic E-state index is 10.5. The van der Waals surface area contributed by atoms with E-state index in [0.717, 1.165) is 0 Å². The number of nitrogens with two attached hydrogens (primary N) is 1. The molecule has 0 heterocycles. The molecule has 0 aliphatic carbocycles. The molecular formula is C5H11N2O2. The van der Waals surface area contributed by atoms with Gasteiger partial charge in [0, 0.05) is 13.0 Å². The van der Waals surface area contributed by atoms with Crippen LogP contribution in [0.4, 0.5) is 0 Å². The van der Waals surface area contributed by atoms with E-state index in [9.17, 15) is 4.79 Å². The predicted octanol–water partition coefficient (Wildman–Crippen LogP) is -1.40. The van der Waals surface area contributed by atoms with Crippen LogP contribution in [0, 0.1) is 6.92 Å². The first kappa shape index (κ1) is 8.39. The molecule has 0 saturated carbocycles. The molecule has 1 radical (unpaired) electrons.